The van der Waals surface area contributed by atoms with Crippen LogP contribution < -0.4 is 10.1 Å². The van der Waals surface area contributed by atoms with Gasteiger partial charge in [0.15, 0.2) is 0 Å². The fraction of sp³-hybridized carbons (Fsp3) is 0.600. The minimum atomic E-state index is 0.641. The highest BCUT2D eigenvalue weighted by Crippen LogP contribution is 2.28. The zero-order valence-corrected chi connectivity index (χ0v) is 14.0. The lowest BCUT2D eigenvalue weighted by atomic mass is 9.94. The molecule has 0 spiro atoms. The highest BCUT2D eigenvalue weighted by Gasteiger charge is 2.23. The van der Waals surface area contributed by atoms with E-state index in [9.17, 15) is 0 Å². The first-order valence-electron chi connectivity index (χ1n) is 6.83. The average molecular weight is 344 g/mol. The summed E-state index contributed by atoms with van der Waals surface area (Å²) in [4.78, 5) is 0. The van der Waals surface area contributed by atoms with Gasteiger partial charge in [-0.2, -0.15) is 11.8 Å². The third kappa shape index (κ3) is 4.14. The standard InChI is InChI=1S/C15H22BrNOS/c1-18-12-7-8-13(16)11(9-12)10-17-14-5-3-4-6-15(14)19-2/h7-9,14-15,17H,3-6,10H2,1-2H3. The number of methoxy groups -OCH3 is 1. The summed E-state index contributed by atoms with van der Waals surface area (Å²) in [5.41, 5.74) is 1.27. The highest BCUT2D eigenvalue weighted by atomic mass is 79.9. The van der Waals surface area contributed by atoms with Gasteiger partial charge in [-0.15, -0.1) is 0 Å². The third-order valence-corrected chi connectivity index (χ3v) is 5.76. The third-order valence-electron chi connectivity index (χ3n) is 3.81. The molecule has 2 unspecified atom stereocenters. The summed E-state index contributed by atoms with van der Waals surface area (Å²) in [5.74, 6) is 0.921. The monoisotopic (exact) mass is 343 g/mol. The summed E-state index contributed by atoms with van der Waals surface area (Å²) in [6, 6.07) is 6.79. The van der Waals surface area contributed by atoms with E-state index >= 15 is 0 Å². The number of ether oxygens (including phenoxy) is 1. The van der Waals surface area contributed by atoms with Gasteiger partial charge >= 0.3 is 0 Å². The van der Waals surface area contributed by atoms with E-state index in [2.05, 4.69) is 39.6 Å². The summed E-state index contributed by atoms with van der Waals surface area (Å²) in [7, 11) is 1.71. The second kappa shape index (κ2) is 7.55. The van der Waals surface area contributed by atoms with E-state index in [1.54, 1.807) is 7.11 Å². The summed E-state index contributed by atoms with van der Waals surface area (Å²) in [5, 5.41) is 4.49. The van der Waals surface area contributed by atoms with E-state index in [1.807, 2.05) is 17.8 Å². The number of nitrogens with one attached hydrogen (secondary N) is 1. The maximum Gasteiger partial charge on any atom is 0.119 e. The first-order chi connectivity index (χ1) is 9.24. The van der Waals surface area contributed by atoms with Crippen molar-refractivity contribution in [1.82, 2.24) is 5.32 Å². The normalized spacial score (nSPS) is 23.3. The van der Waals surface area contributed by atoms with Crippen molar-refractivity contribution >= 4 is 27.7 Å². The first-order valence-corrected chi connectivity index (χ1v) is 8.91. The SMILES string of the molecule is COc1ccc(Br)c(CNC2CCCCC2SC)c1. The molecule has 1 aliphatic rings. The van der Waals surface area contributed by atoms with Gasteiger partial charge in [-0.05, 0) is 42.9 Å². The van der Waals surface area contributed by atoms with Crippen LogP contribution in [0.1, 0.15) is 31.2 Å². The molecule has 19 heavy (non-hydrogen) atoms. The molecule has 0 saturated heterocycles. The van der Waals surface area contributed by atoms with E-state index < -0.39 is 0 Å². The smallest absolute Gasteiger partial charge is 0.119 e. The number of benzene rings is 1. The lowest BCUT2D eigenvalue weighted by Gasteiger charge is -2.31. The molecule has 1 aromatic rings. The number of halogens is 1. The summed E-state index contributed by atoms with van der Waals surface area (Å²) >= 11 is 5.62. The largest absolute Gasteiger partial charge is 0.497 e. The van der Waals surface area contributed by atoms with Crippen molar-refractivity contribution in [3.8, 4) is 5.75 Å². The van der Waals surface area contributed by atoms with Crippen LogP contribution in [0.4, 0.5) is 0 Å². The molecule has 1 fully saturated rings. The fourth-order valence-electron chi connectivity index (χ4n) is 2.67. The quantitative estimate of drug-likeness (QED) is 0.864. The number of hydrogen-bond acceptors (Lipinski definition) is 3. The maximum atomic E-state index is 5.29. The Hall–Kier alpha value is -0.190. The number of rotatable bonds is 5. The Balaban J connectivity index is 1.97. The predicted molar refractivity (Wildman–Crippen MR) is 87.1 cm³/mol. The molecule has 2 atom stereocenters. The summed E-state index contributed by atoms with van der Waals surface area (Å²) < 4.78 is 6.44. The second-order valence-corrected chi connectivity index (χ2v) is 6.93. The van der Waals surface area contributed by atoms with E-state index in [0.717, 1.165) is 22.0 Å². The van der Waals surface area contributed by atoms with Crippen molar-refractivity contribution in [3.63, 3.8) is 0 Å². The molecule has 1 N–H and O–H groups in total. The van der Waals surface area contributed by atoms with Crippen LogP contribution in [0, 0.1) is 0 Å². The zero-order chi connectivity index (χ0) is 13.7. The highest BCUT2D eigenvalue weighted by molar-refractivity contribution is 9.10. The summed E-state index contributed by atoms with van der Waals surface area (Å²) in [6.45, 7) is 0.902. The minimum Gasteiger partial charge on any atom is -0.497 e. The van der Waals surface area contributed by atoms with Gasteiger partial charge in [0.1, 0.15) is 5.75 Å². The predicted octanol–water partition coefficient (Wildman–Crippen LogP) is 4.22. The molecule has 0 aliphatic heterocycles. The number of hydrogen-bond donors (Lipinski definition) is 1. The Labute approximate surface area is 128 Å². The molecular weight excluding hydrogens is 322 g/mol. The Morgan fingerprint density at radius 3 is 2.89 bits per heavy atom. The van der Waals surface area contributed by atoms with Crippen molar-refractivity contribution in [3.05, 3.63) is 28.2 Å². The lowest BCUT2D eigenvalue weighted by molar-refractivity contribution is 0.381. The second-order valence-electron chi connectivity index (χ2n) is 5.00. The van der Waals surface area contributed by atoms with E-state index in [4.69, 9.17) is 4.74 Å². The first kappa shape index (κ1) is 15.2. The van der Waals surface area contributed by atoms with Gasteiger partial charge in [-0.1, -0.05) is 28.8 Å². The van der Waals surface area contributed by atoms with E-state index in [1.165, 1.54) is 31.2 Å². The molecule has 106 valence electrons. The molecule has 0 radical (unpaired) electrons. The molecule has 4 heteroatoms. The molecule has 0 aromatic heterocycles. The van der Waals surface area contributed by atoms with Crippen LogP contribution in [0.2, 0.25) is 0 Å². The van der Waals surface area contributed by atoms with Crippen LogP contribution in [0.3, 0.4) is 0 Å². The van der Waals surface area contributed by atoms with Gasteiger partial charge in [0.25, 0.3) is 0 Å². The molecular formula is C15H22BrNOS. The van der Waals surface area contributed by atoms with Gasteiger partial charge in [0.05, 0.1) is 7.11 Å². The average Bonchev–Trinajstić information content (AvgIpc) is 2.46. The molecule has 0 bridgehead atoms. The molecule has 2 nitrogen and oxygen atoms in total. The van der Waals surface area contributed by atoms with Crippen LogP contribution in [0.15, 0.2) is 22.7 Å². The van der Waals surface area contributed by atoms with Crippen LogP contribution in [0.25, 0.3) is 0 Å². The zero-order valence-electron chi connectivity index (χ0n) is 11.6. The molecule has 2 rings (SSSR count). The molecule has 1 aliphatic carbocycles. The molecule has 0 amide bonds. The molecule has 1 saturated carbocycles. The Bertz CT molecular complexity index is 413. The Kier molecular flexibility index (Phi) is 6.05. The van der Waals surface area contributed by atoms with Gasteiger partial charge in [-0.25, -0.2) is 0 Å². The fourth-order valence-corrected chi connectivity index (χ4v) is 4.02. The topological polar surface area (TPSA) is 21.3 Å². The van der Waals surface area contributed by atoms with Gasteiger partial charge in [-0.3, -0.25) is 0 Å². The molecule has 1 aromatic carbocycles. The maximum absolute atomic E-state index is 5.29. The molecule has 0 heterocycles. The van der Waals surface area contributed by atoms with Crippen molar-refractivity contribution in [1.29, 1.82) is 0 Å². The summed E-state index contributed by atoms with van der Waals surface area (Å²) in [6.07, 6.45) is 7.61. The lowest BCUT2D eigenvalue weighted by Crippen LogP contribution is -2.40. The van der Waals surface area contributed by atoms with Crippen LogP contribution >= 0.6 is 27.7 Å². The van der Waals surface area contributed by atoms with E-state index in [-0.39, 0.29) is 0 Å². The van der Waals surface area contributed by atoms with Crippen molar-refractivity contribution < 1.29 is 4.74 Å². The van der Waals surface area contributed by atoms with Crippen LogP contribution in [0.5, 0.6) is 5.75 Å². The van der Waals surface area contributed by atoms with Gasteiger partial charge in [0.2, 0.25) is 0 Å². The van der Waals surface area contributed by atoms with Crippen LogP contribution in [-0.4, -0.2) is 24.7 Å². The number of thioether (sulfide) groups is 1. The van der Waals surface area contributed by atoms with Crippen molar-refractivity contribution in [2.75, 3.05) is 13.4 Å². The van der Waals surface area contributed by atoms with Gasteiger partial charge < -0.3 is 10.1 Å². The van der Waals surface area contributed by atoms with E-state index in [0.29, 0.717) is 6.04 Å². The van der Waals surface area contributed by atoms with Gasteiger partial charge in [0, 0.05) is 22.3 Å². The van der Waals surface area contributed by atoms with Crippen LogP contribution in [-0.2, 0) is 6.54 Å². The Morgan fingerprint density at radius 1 is 1.37 bits per heavy atom. The Morgan fingerprint density at radius 2 is 2.16 bits per heavy atom. The van der Waals surface area contributed by atoms with Crippen molar-refractivity contribution in [2.45, 2.75) is 43.5 Å². The minimum absolute atomic E-state index is 0.641. The van der Waals surface area contributed by atoms with Crippen molar-refractivity contribution in [2.24, 2.45) is 0 Å².